The number of benzene rings is 2. The lowest BCUT2D eigenvalue weighted by Gasteiger charge is -2.27. The van der Waals surface area contributed by atoms with Crippen molar-refractivity contribution >= 4 is 52.8 Å². The van der Waals surface area contributed by atoms with Crippen molar-refractivity contribution in [1.82, 2.24) is 35.3 Å². The summed E-state index contributed by atoms with van der Waals surface area (Å²) in [5.74, 6) is -2.82. The molecular weight excluding hydrogens is 886 g/mol. The van der Waals surface area contributed by atoms with Crippen LogP contribution in [0.15, 0.2) is 77.7 Å². The molecule has 5 heterocycles. The number of hydrogen-bond donors (Lipinski definition) is 5. The van der Waals surface area contributed by atoms with Crippen LogP contribution in [0.1, 0.15) is 68.1 Å². The van der Waals surface area contributed by atoms with Crippen molar-refractivity contribution in [2.75, 3.05) is 62.1 Å². The van der Waals surface area contributed by atoms with Crippen molar-refractivity contribution in [3.63, 3.8) is 0 Å². The van der Waals surface area contributed by atoms with Gasteiger partial charge < -0.3 is 34.6 Å². The Labute approximate surface area is 378 Å². The maximum absolute atomic E-state index is 14.1. The van der Waals surface area contributed by atoms with Gasteiger partial charge in [0.05, 0.1) is 61.7 Å². The normalized spacial score (nSPS) is 15.9. The molecule has 0 spiro atoms. The van der Waals surface area contributed by atoms with Gasteiger partial charge in [0, 0.05) is 43.5 Å². The Kier molecular flexibility index (Phi) is 14.0. The van der Waals surface area contributed by atoms with E-state index in [4.69, 9.17) is 18.6 Å². The van der Waals surface area contributed by atoms with Gasteiger partial charge in [0.2, 0.25) is 17.7 Å². The Morgan fingerprint density at radius 2 is 1.67 bits per heavy atom. The predicted octanol–water partition coefficient (Wildman–Crippen LogP) is 4.79. The molecule has 3 aromatic heterocycles. The van der Waals surface area contributed by atoms with E-state index < -0.39 is 59.2 Å². The van der Waals surface area contributed by atoms with Gasteiger partial charge in [-0.1, -0.05) is 18.2 Å². The second-order valence-corrected chi connectivity index (χ2v) is 15.6. The summed E-state index contributed by atoms with van der Waals surface area (Å²) in [6.45, 7) is 2.80. The van der Waals surface area contributed by atoms with Crippen molar-refractivity contribution in [2.45, 2.75) is 44.4 Å². The van der Waals surface area contributed by atoms with Gasteiger partial charge in [0.1, 0.15) is 18.1 Å². The van der Waals surface area contributed by atoms with Crippen LogP contribution in [0.2, 0.25) is 0 Å². The molecule has 67 heavy (non-hydrogen) atoms. The van der Waals surface area contributed by atoms with E-state index in [1.165, 1.54) is 24.4 Å². The quantitative estimate of drug-likeness (QED) is 0.0520. The molecule has 2 aromatic carbocycles. The van der Waals surface area contributed by atoms with Crippen molar-refractivity contribution < 1.29 is 60.6 Å². The van der Waals surface area contributed by atoms with Gasteiger partial charge in [-0.15, -0.1) is 0 Å². The summed E-state index contributed by atoms with van der Waals surface area (Å²) in [5, 5.41) is 17.0. The number of imide groups is 2. The van der Waals surface area contributed by atoms with Gasteiger partial charge >= 0.3 is 12.3 Å². The predicted molar refractivity (Wildman–Crippen MR) is 229 cm³/mol. The average molecular weight is 929 g/mol. The molecule has 1 unspecified atom stereocenters. The topological polar surface area (TPSA) is 250 Å². The molecule has 0 bridgehead atoms. The molecule has 23 heteroatoms. The SMILES string of the molecule is O=C1CCC(N2C(=O)c3cccc(NCCOCCOCCNCc4ccc(-n5cc(NC(=O)c6coc(-c7ccnc(NC(=O)OCC8CC8)c7)n6)c(C(F)(F)F)n5)cc4)c3C2=O)C(=O)N1. The minimum atomic E-state index is -4.90. The van der Waals surface area contributed by atoms with Crippen LogP contribution >= 0.6 is 0 Å². The van der Waals surface area contributed by atoms with Crippen LogP contribution < -0.4 is 26.6 Å². The fourth-order valence-electron chi connectivity index (χ4n) is 7.14. The highest BCUT2D eigenvalue weighted by Gasteiger charge is 2.45. The number of pyridine rings is 1. The lowest BCUT2D eigenvalue weighted by atomic mass is 10.0. The number of nitrogens with zero attached hydrogens (tertiary/aromatic N) is 5. The smallest absolute Gasteiger partial charge is 0.437 e. The van der Waals surface area contributed by atoms with E-state index in [1.807, 2.05) is 0 Å². The summed E-state index contributed by atoms with van der Waals surface area (Å²) in [6, 6.07) is 13.3. The summed E-state index contributed by atoms with van der Waals surface area (Å²) < 4.78 is 65.1. The molecule has 5 aromatic rings. The van der Waals surface area contributed by atoms with E-state index in [2.05, 4.69) is 41.7 Å². The van der Waals surface area contributed by atoms with Crippen molar-refractivity contribution in [3.05, 3.63) is 101 Å². The maximum atomic E-state index is 14.1. The molecule has 6 amide bonds. The summed E-state index contributed by atoms with van der Waals surface area (Å²) in [6.07, 6.45) is -0.0447. The van der Waals surface area contributed by atoms with Gasteiger partial charge in [-0.2, -0.15) is 18.3 Å². The fourth-order valence-corrected chi connectivity index (χ4v) is 7.14. The molecule has 20 nitrogen and oxygen atoms in total. The first-order valence-electron chi connectivity index (χ1n) is 21.2. The van der Waals surface area contributed by atoms with Gasteiger partial charge in [0.15, 0.2) is 11.4 Å². The van der Waals surface area contributed by atoms with Crippen LogP contribution in [0.3, 0.4) is 0 Å². The highest BCUT2D eigenvalue weighted by Crippen LogP contribution is 2.35. The first kappa shape index (κ1) is 46.0. The van der Waals surface area contributed by atoms with Gasteiger partial charge in [-0.3, -0.25) is 39.5 Å². The molecule has 1 atom stereocenters. The molecule has 3 aliphatic rings. The first-order chi connectivity index (χ1) is 32.3. The number of carbonyl (C=O) groups excluding carboxylic acids is 6. The maximum Gasteiger partial charge on any atom is 0.437 e. The minimum Gasteiger partial charge on any atom is -0.449 e. The number of carbonyl (C=O) groups is 6. The lowest BCUT2D eigenvalue weighted by molar-refractivity contribution is -0.140. The minimum absolute atomic E-state index is 0.0294. The van der Waals surface area contributed by atoms with Crippen molar-refractivity contribution in [1.29, 1.82) is 0 Å². The molecule has 350 valence electrons. The molecule has 1 aliphatic carbocycles. The zero-order chi connectivity index (χ0) is 47.1. The van der Waals surface area contributed by atoms with Gasteiger partial charge in [-0.25, -0.2) is 19.4 Å². The zero-order valence-corrected chi connectivity index (χ0v) is 35.5. The van der Waals surface area contributed by atoms with E-state index in [0.29, 0.717) is 68.9 Å². The number of fused-ring (bicyclic) bond motifs is 1. The molecule has 0 radical (unpaired) electrons. The largest absolute Gasteiger partial charge is 0.449 e. The van der Waals surface area contributed by atoms with Crippen LogP contribution in [-0.2, 0) is 36.5 Å². The van der Waals surface area contributed by atoms with Crippen LogP contribution in [0.4, 0.5) is 35.2 Å². The monoisotopic (exact) mass is 928 g/mol. The molecular formula is C44H43F3N10O10. The third kappa shape index (κ3) is 11.3. The first-order valence-corrected chi connectivity index (χ1v) is 21.2. The number of aromatic nitrogens is 4. The number of ether oxygens (including phenoxy) is 3. The standard InChI is InChI=1S/C44H43F3N10O10/c45-44(46,47)37-31(51-38(59)32-24-66-40(52-32)27-12-13-50-34(20-27)53-43(63)67-23-26-4-5-26)22-56(55-37)28-8-6-25(7-9-28)21-48-14-16-64-18-19-65-17-15-49-30-3-1-2-29-36(30)42(62)57(41(29)61)33-10-11-35(58)54-39(33)60/h1-3,6-9,12-13,20,22,24,26,33,48-49H,4-5,10-11,14-19,21,23H2,(H,51,59)(H,50,53,63)(H,54,58,60). The number of nitrogens with one attached hydrogen (secondary N) is 5. The Hall–Kier alpha value is -7.50. The van der Waals surface area contributed by atoms with E-state index in [0.717, 1.165) is 40.4 Å². The number of oxazole rings is 1. The second kappa shape index (κ2) is 20.3. The number of amides is 6. The number of anilines is 3. The van der Waals surface area contributed by atoms with Crippen molar-refractivity contribution in [3.8, 4) is 17.1 Å². The third-order valence-electron chi connectivity index (χ3n) is 10.7. The molecule has 1 saturated carbocycles. The highest BCUT2D eigenvalue weighted by atomic mass is 19.4. The lowest BCUT2D eigenvalue weighted by Crippen LogP contribution is -2.54. The Bertz CT molecular complexity index is 2670. The Balaban J connectivity index is 0.741. The van der Waals surface area contributed by atoms with Crippen molar-refractivity contribution in [2.24, 2.45) is 5.92 Å². The number of alkyl halides is 3. The van der Waals surface area contributed by atoms with E-state index in [9.17, 15) is 41.9 Å². The summed E-state index contributed by atoms with van der Waals surface area (Å²) in [7, 11) is 0. The number of rotatable bonds is 20. The molecule has 5 N–H and O–H groups in total. The number of halogens is 3. The molecule has 2 aliphatic heterocycles. The number of piperidine rings is 1. The zero-order valence-electron chi connectivity index (χ0n) is 35.5. The van der Waals surface area contributed by atoms with E-state index >= 15 is 0 Å². The van der Waals surface area contributed by atoms with Crippen LogP contribution in [0.5, 0.6) is 0 Å². The highest BCUT2D eigenvalue weighted by molar-refractivity contribution is 6.25. The van der Waals surface area contributed by atoms with Crippen LogP contribution in [0, 0.1) is 5.92 Å². The summed E-state index contributed by atoms with van der Waals surface area (Å²) in [5.41, 5.74) is 0.0362. The van der Waals surface area contributed by atoms with Gasteiger partial charge in [-0.05, 0) is 67.1 Å². The Morgan fingerprint density at radius 1 is 0.896 bits per heavy atom. The summed E-state index contributed by atoms with van der Waals surface area (Å²) in [4.78, 5) is 84.4. The summed E-state index contributed by atoms with van der Waals surface area (Å²) >= 11 is 0. The average Bonchev–Trinajstić information content (AvgIpc) is 3.70. The van der Waals surface area contributed by atoms with E-state index in [-0.39, 0.29) is 48.0 Å². The van der Waals surface area contributed by atoms with Crippen LogP contribution in [0.25, 0.3) is 17.1 Å². The van der Waals surface area contributed by atoms with Crippen LogP contribution in [-0.4, -0.2) is 112 Å². The van der Waals surface area contributed by atoms with E-state index in [1.54, 1.807) is 36.4 Å². The second-order valence-electron chi connectivity index (χ2n) is 15.6. The number of hydrogen-bond acceptors (Lipinski definition) is 15. The Morgan fingerprint density at radius 3 is 2.42 bits per heavy atom. The molecule has 8 rings (SSSR count). The third-order valence-corrected chi connectivity index (χ3v) is 10.7. The van der Waals surface area contributed by atoms with Gasteiger partial charge in [0.25, 0.3) is 17.7 Å². The fraction of sp³-hybridized carbons (Fsp3) is 0.341. The molecule has 1 saturated heterocycles. The molecule has 2 fully saturated rings.